The van der Waals surface area contributed by atoms with Gasteiger partial charge >= 0.3 is 0 Å². The van der Waals surface area contributed by atoms with E-state index in [4.69, 9.17) is 0 Å². The average Bonchev–Trinajstić information content (AvgIpc) is 2.12. The molecule has 0 rings (SSSR count). The van der Waals surface area contributed by atoms with E-state index in [1.54, 1.807) is 20.8 Å². The van der Waals surface area contributed by atoms with Crippen LogP contribution in [0.5, 0.6) is 0 Å². The van der Waals surface area contributed by atoms with Crippen molar-refractivity contribution >= 4 is 10.0 Å². The molecule has 0 saturated heterocycles. The standard InChI is InChI=1S/C13H27NO3S/c1-10(12(2,3)4)11(15)8-9-14-18(16,17)13(5,6)7/h11,14-15H,1,8-9H2,2-7H3. The molecule has 0 aromatic rings. The molecule has 108 valence electrons. The first kappa shape index (κ1) is 17.6. The fourth-order valence-corrected chi connectivity index (χ4v) is 2.04. The smallest absolute Gasteiger partial charge is 0.216 e. The molecule has 0 bridgehead atoms. The summed E-state index contributed by atoms with van der Waals surface area (Å²) in [5, 5.41) is 9.92. The average molecular weight is 277 g/mol. The van der Waals surface area contributed by atoms with E-state index in [9.17, 15) is 13.5 Å². The zero-order valence-electron chi connectivity index (χ0n) is 12.4. The Balaban J connectivity index is 4.35. The van der Waals surface area contributed by atoms with Crippen LogP contribution < -0.4 is 4.72 Å². The van der Waals surface area contributed by atoms with E-state index in [-0.39, 0.29) is 12.0 Å². The maximum atomic E-state index is 11.8. The highest BCUT2D eigenvalue weighted by Crippen LogP contribution is 2.27. The molecule has 0 aromatic carbocycles. The predicted molar refractivity (Wildman–Crippen MR) is 75.9 cm³/mol. The zero-order valence-corrected chi connectivity index (χ0v) is 13.2. The van der Waals surface area contributed by atoms with Crippen molar-refractivity contribution in [2.75, 3.05) is 6.54 Å². The monoisotopic (exact) mass is 277 g/mol. The Hall–Kier alpha value is -0.390. The second-order valence-electron chi connectivity index (χ2n) is 6.59. The SMILES string of the molecule is C=C(C(O)CCNS(=O)(=O)C(C)(C)C)C(C)(C)C. The van der Waals surface area contributed by atoms with Gasteiger partial charge in [-0.15, -0.1) is 0 Å². The Labute approximate surface area is 112 Å². The summed E-state index contributed by atoms with van der Waals surface area (Å²) >= 11 is 0. The third kappa shape index (κ3) is 5.08. The first-order valence-corrected chi connectivity index (χ1v) is 7.64. The Morgan fingerprint density at radius 1 is 1.22 bits per heavy atom. The van der Waals surface area contributed by atoms with Crippen molar-refractivity contribution in [3.8, 4) is 0 Å². The maximum Gasteiger partial charge on any atom is 0.216 e. The molecule has 0 aromatic heterocycles. The van der Waals surface area contributed by atoms with E-state index in [2.05, 4.69) is 11.3 Å². The number of hydrogen-bond donors (Lipinski definition) is 2. The van der Waals surface area contributed by atoms with Crippen LogP contribution >= 0.6 is 0 Å². The Kier molecular flexibility index (Phi) is 5.59. The number of hydrogen-bond acceptors (Lipinski definition) is 3. The molecule has 0 spiro atoms. The van der Waals surface area contributed by atoms with Crippen molar-refractivity contribution in [3.63, 3.8) is 0 Å². The summed E-state index contributed by atoms with van der Waals surface area (Å²) in [6.45, 7) is 14.9. The fourth-order valence-electron chi connectivity index (χ4n) is 1.22. The van der Waals surface area contributed by atoms with Gasteiger partial charge in [0.05, 0.1) is 10.9 Å². The van der Waals surface area contributed by atoms with Gasteiger partial charge in [0.1, 0.15) is 0 Å². The molecule has 0 saturated carbocycles. The lowest BCUT2D eigenvalue weighted by atomic mass is 9.83. The van der Waals surface area contributed by atoms with Crippen LogP contribution in [0.1, 0.15) is 48.0 Å². The molecule has 18 heavy (non-hydrogen) atoms. The largest absolute Gasteiger partial charge is 0.389 e. The molecule has 1 unspecified atom stereocenters. The van der Waals surface area contributed by atoms with Crippen molar-refractivity contribution < 1.29 is 13.5 Å². The topological polar surface area (TPSA) is 66.4 Å². The van der Waals surface area contributed by atoms with Gasteiger partial charge in [0.25, 0.3) is 0 Å². The number of aliphatic hydroxyl groups is 1. The highest BCUT2D eigenvalue weighted by molar-refractivity contribution is 7.90. The van der Waals surface area contributed by atoms with E-state index in [0.29, 0.717) is 6.42 Å². The van der Waals surface area contributed by atoms with Gasteiger partial charge in [0, 0.05) is 6.54 Å². The molecule has 1 atom stereocenters. The minimum atomic E-state index is -3.35. The van der Waals surface area contributed by atoms with Crippen LogP contribution in [0, 0.1) is 5.41 Å². The molecule has 0 aliphatic carbocycles. The lowest BCUT2D eigenvalue weighted by Crippen LogP contribution is -2.40. The summed E-state index contributed by atoms with van der Waals surface area (Å²) in [4.78, 5) is 0. The van der Waals surface area contributed by atoms with Crippen molar-refractivity contribution in [3.05, 3.63) is 12.2 Å². The Bertz CT molecular complexity index is 385. The number of sulfonamides is 1. The van der Waals surface area contributed by atoms with E-state index in [1.807, 2.05) is 20.8 Å². The summed E-state index contributed by atoms with van der Waals surface area (Å²) in [7, 11) is -3.35. The van der Waals surface area contributed by atoms with Gasteiger partial charge in [-0.3, -0.25) is 0 Å². The second-order valence-corrected chi connectivity index (χ2v) is 9.11. The zero-order chi connectivity index (χ0) is 14.8. The van der Waals surface area contributed by atoms with Crippen LogP contribution in [-0.2, 0) is 10.0 Å². The molecular formula is C13H27NO3S. The number of nitrogens with one attached hydrogen (secondary N) is 1. The summed E-state index contributed by atoms with van der Waals surface area (Å²) in [6, 6.07) is 0. The first-order chi connectivity index (χ1) is 7.79. The van der Waals surface area contributed by atoms with Crippen LogP contribution in [0.3, 0.4) is 0 Å². The summed E-state index contributed by atoms with van der Waals surface area (Å²) in [5.41, 5.74) is 0.542. The Morgan fingerprint density at radius 3 is 2.00 bits per heavy atom. The van der Waals surface area contributed by atoms with Gasteiger partial charge in [-0.25, -0.2) is 13.1 Å². The molecule has 5 heteroatoms. The number of aliphatic hydroxyl groups excluding tert-OH is 1. The van der Waals surface area contributed by atoms with Gasteiger partial charge in [0.15, 0.2) is 0 Å². The highest BCUT2D eigenvalue weighted by Gasteiger charge is 2.29. The summed E-state index contributed by atoms with van der Waals surface area (Å²) in [5.74, 6) is 0. The quantitative estimate of drug-likeness (QED) is 0.756. The second kappa shape index (κ2) is 5.72. The van der Waals surface area contributed by atoms with Gasteiger partial charge in [-0.1, -0.05) is 27.4 Å². The van der Waals surface area contributed by atoms with Crippen molar-refractivity contribution in [1.82, 2.24) is 4.72 Å². The predicted octanol–water partition coefficient (Wildman–Crippen LogP) is 2.06. The van der Waals surface area contributed by atoms with Crippen molar-refractivity contribution in [2.45, 2.75) is 58.8 Å². The maximum absolute atomic E-state index is 11.8. The van der Waals surface area contributed by atoms with Gasteiger partial charge in [-0.05, 0) is 38.2 Å². The lowest BCUT2D eigenvalue weighted by Gasteiger charge is -2.27. The Morgan fingerprint density at radius 2 is 1.67 bits per heavy atom. The van der Waals surface area contributed by atoms with Gasteiger partial charge in [-0.2, -0.15) is 0 Å². The molecular weight excluding hydrogens is 250 g/mol. The highest BCUT2D eigenvalue weighted by atomic mass is 32.2. The van der Waals surface area contributed by atoms with E-state index in [1.165, 1.54) is 0 Å². The van der Waals surface area contributed by atoms with Crippen LogP contribution in [0.2, 0.25) is 0 Å². The molecule has 0 radical (unpaired) electrons. The van der Waals surface area contributed by atoms with E-state index < -0.39 is 20.9 Å². The molecule has 2 N–H and O–H groups in total. The first-order valence-electron chi connectivity index (χ1n) is 6.15. The molecule has 4 nitrogen and oxygen atoms in total. The summed E-state index contributed by atoms with van der Waals surface area (Å²) < 4.78 is 25.2. The van der Waals surface area contributed by atoms with Gasteiger partial charge in [0.2, 0.25) is 10.0 Å². The molecule has 0 aliphatic rings. The van der Waals surface area contributed by atoms with Crippen molar-refractivity contribution in [2.24, 2.45) is 5.41 Å². The van der Waals surface area contributed by atoms with Crippen LogP contribution in [-0.4, -0.2) is 30.9 Å². The lowest BCUT2D eigenvalue weighted by molar-refractivity contribution is 0.177. The van der Waals surface area contributed by atoms with Crippen LogP contribution in [0.4, 0.5) is 0 Å². The molecule has 0 aliphatic heterocycles. The van der Waals surface area contributed by atoms with Crippen LogP contribution in [0.15, 0.2) is 12.2 Å². The molecule has 0 heterocycles. The fraction of sp³-hybridized carbons (Fsp3) is 0.846. The molecule has 0 fully saturated rings. The van der Waals surface area contributed by atoms with Crippen molar-refractivity contribution in [1.29, 1.82) is 0 Å². The normalized spacial score (nSPS) is 15.5. The minimum absolute atomic E-state index is 0.178. The third-order valence-corrected chi connectivity index (χ3v) is 5.08. The van der Waals surface area contributed by atoms with Gasteiger partial charge < -0.3 is 5.11 Å². The summed E-state index contributed by atoms with van der Waals surface area (Å²) in [6.07, 6.45) is -0.349. The minimum Gasteiger partial charge on any atom is -0.389 e. The van der Waals surface area contributed by atoms with Crippen LogP contribution in [0.25, 0.3) is 0 Å². The molecule has 0 amide bonds. The van der Waals surface area contributed by atoms with E-state index >= 15 is 0 Å². The van der Waals surface area contributed by atoms with E-state index in [0.717, 1.165) is 5.57 Å². The number of rotatable bonds is 5. The third-order valence-electron chi connectivity index (χ3n) is 2.88.